The van der Waals surface area contributed by atoms with Crippen LogP contribution in [-0.4, -0.2) is 65.9 Å². The minimum absolute atomic E-state index is 0.121. The zero-order valence-electron chi connectivity index (χ0n) is 18.2. The van der Waals surface area contributed by atoms with Crippen LogP contribution in [0.2, 0.25) is 0 Å². The van der Waals surface area contributed by atoms with Crippen LogP contribution in [0.3, 0.4) is 0 Å². The van der Waals surface area contributed by atoms with Gasteiger partial charge in [-0.05, 0) is 24.6 Å². The molecule has 0 saturated carbocycles. The number of aromatic nitrogens is 2. The van der Waals surface area contributed by atoms with E-state index < -0.39 is 28.7 Å². The maximum atomic E-state index is 12.8. The van der Waals surface area contributed by atoms with Crippen molar-refractivity contribution in [3.63, 3.8) is 0 Å². The van der Waals surface area contributed by atoms with E-state index in [9.17, 15) is 26.4 Å². The van der Waals surface area contributed by atoms with E-state index in [1.807, 2.05) is 11.5 Å². The summed E-state index contributed by atoms with van der Waals surface area (Å²) in [6, 6.07) is 4.74. The second-order valence-corrected chi connectivity index (χ2v) is 9.22. The summed E-state index contributed by atoms with van der Waals surface area (Å²) in [5.41, 5.74) is 1.21. The number of halogens is 3. The van der Waals surface area contributed by atoms with E-state index in [4.69, 9.17) is 0 Å². The molecule has 1 amide bonds. The number of benzene rings is 1. The van der Waals surface area contributed by atoms with Gasteiger partial charge in [0.1, 0.15) is 12.4 Å². The molecule has 0 fully saturated rings. The Hall–Kier alpha value is -2.14. The lowest BCUT2D eigenvalue weighted by Crippen LogP contribution is -2.36. The van der Waals surface area contributed by atoms with Crippen LogP contribution in [0.25, 0.3) is 11.0 Å². The average molecular weight is 463 g/mol. The van der Waals surface area contributed by atoms with E-state index in [1.54, 1.807) is 19.9 Å². The van der Waals surface area contributed by atoms with Crippen molar-refractivity contribution in [1.82, 2.24) is 18.8 Å². The standard InChI is InChI=1S/C20H29F3N4O3S/c1-5-12-27-17-9-8-15(31(29,30)26(6-2)7-3)13-16(17)24-18(27)10-11-19(28)25(4)14-20(21,22)23/h8-9,13H,5-7,10-12,14H2,1-4H3. The lowest BCUT2D eigenvalue weighted by molar-refractivity contribution is -0.158. The minimum atomic E-state index is -4.45. The smallest absolute Gasteiger partial charge is 0.337 e. The highest BCUT2D eigenvalue weighted by atomic mass is 32.2. The summed E-state index contributed by atoms with van der Waals surface area (Å²) >= 11 is 0. The molecule has 0 saturated heterocycles. The van der Waals surface area contributed by atoms with E-state index in [-0.39, 0.29) is 17.7 Å². The van der Waals surface area contributed by atoms with Crippen LogP contribution in [0, 0.1) is 0 Å². The molecule has 7 nitrogen and oxygen atoms in total. The van der Waals surface area contributed by atoms with Crippen LogP contribution in [0.5, 0.6) is 0 Å². The van der Waals surface area contributed by atoms with Gasteiger partial charge in [0.25, 0.3) is 0 Å². The van der Waals surface area contributed by atoms with Crippen molar-refractivity contribution in [3.05, 3.63) is 24.0 Å². The maximum absolute atomic E-state index is 12.8. The Morgan fingerprint density at radius 3 is 2.35 bits per heavy atom. The molecular weight excluding hydrogens is 433 g/mol. The number of fused-ring (bicyclic) bond motifs is 1. The maximum Gasteiger partial charge on any atom is 0.406 e. The third kappa shape index (κ3) is 5.97. The number of sulfonamides is 1. The molecule has 0 unspecified atom stereocenters. The predicted octanol–water partition coefficient (Wildman–Crippen LogP) is 3.43. The van der Waals surface area contributed by atoms with Gasteiger partial charge in [0.15, 0.2) is 0 Å². The van der Waals surface area contributed by atoms with Crippen LogP contribution in [0.4, 0.5) is 13.2 Å². The molecule has 0 atom stereocenters. The Morgan fingerprint density at radius 2 is 1.81 bits per heavy atom. The van der Waals surface area contributed by atoms with Crippen molar-refractivity contribution < 1.29 is 26.4 Å². The highest BCUT2D eigenvalue weighted by Gasteiger charge is 2.31. The molecule has 0 aliphatic heterocycles. The molecule has 0 aliphatic carbocycles. The lowest BCUT2D eigenvalue weighted by Gasteiger charge is -2.19. The minimum Gasteiger partial charge on any atom is -0.337 e. The molecule has 11 heteroatoms. The zero-order valence-corrected chi connectivity index (χ0v) is 19.1. The van der Waals surface area contributed by atoms with Crippen LogP contribution < -0.4 is 0 Å². The van der Waals surface area contributed by atoms with E-state index in [2.05, 4.69) is 4.98 Å². The summed E-state index contributed by atoms with van der Waals surface area (Å²) in [6.45, 7) is 5.49. The van der Waals surface area contributed by atoms with Gasteiger partial charge in [-0.15, -0.1) is 0 Å². The number of nitrogens with zero attached hydrogens (tertiary/aromatic N) is 4. The molecule has 0 radical (unpaired) electrons. The van der Waals surface area contributed by atoms with Crippen LogP contribution in [0.1, 0.15) is 39.4 Å². The summed E-state index contributed by atoms with van der Waals surface area (Å²) in [5, 5.41) is 0. The van der Waals surface area contributed by atoms with Crippen molar-refractivity contribution >= 4 is 27.0 Å². The molecule has 1 aromatic heterocycles. The van der Waals surface area contributed by atoms with E-state index in [1.165, 1.54) is 16.4 Å². The Labute approximate surface area is 180 Å². The van der Waals surface area contributed by atoms with Gasteiger partial charge in [-0.1, -0.05) is 20.8 Å². The molecule has 2 aromatic rings. The third-order valence-corrected chi connectivity index (χ3v) is 7.04. The summed E-state index contributed by atoms with van der Waals surface area (Å²) in [6.07, 6.45) is -3.63. The lowest BCUT2D eigenvalue weighted by atomic mass is 10.2. The number of aryl methyl sites for hydroxylation is 2. The Bertz CT molecular complexity index is 1010. The van der Waals surface area contributed by atoms with Crippen LogP contribution in [0.15, 0.2) is 23.1 Å². The van der Waals surface area contributed by atoms with Gasteiger partial charge >= 0.3 is 6.18 Å². The van der Waals surface area contributed by atoms with Gasteiger partial charge in [0.2, 0.25) is 15.9 Å². The molecule has 1 aromatic carbocycles. The molecule has 0 spiro atoms. The third-order valence-electron chi connectivity index (χ3n) is 4.99. The van der Waals surface area contributed by atoms with Gasteiger partial charge in [0.05, 0.1) is 15.9 Å². The Kier molecular flexibility index (Phi) is 8.09. The van der Waals surface area contributed by atoms with Crippen molar-refractivity contribution in [1.29, 1.82) is 0 Å². The number of alkyl halides is 3. The summed E-state index contributed by atoms with van der Waals surface area (Å²) in [5.74, 6) is -0.0831. The van der Waals surface area contributed by atoms with Crippen LogP contribution in [-0.2, 0) is 27.8 Å². The summed E-state index contributed by atoms with van der Waals surface area (Å²) < 4.78 is 66.4. The largest absolute Gasteiger partial charge is 0.406 e. The van der Waals surface area contributed by atoms with Crippen molar-refractivity contribution in [2.45, 2.75) is 57.7 Å². The quantitative estimate of drug-likeness (QED) is 0.542. The fraction of sp³-hybridized carbons (Fsp3) is 0.600. The van der Waals surface area contributed by atoms with Crippen molar-refractivity contribution in [2.75, 3.05) is 26.7 Å². The van der Waals surface area contributed by atoms with Gasteiger partial charge in [-0.25, -0.2) is 13.4 Å². The summed E-state index contributed by atoms with van der Waals surface area (Å²) in [4.78, 5) is 17.4. The monoisotopic (exact) mass is 462 g/mol. The van der Waals surface area contributed by atoms with Crippen LogP contribution >= 0.6 is 0 Å². The van der Waals surface area contributed by atoms with E-state index in [0.29, 0.717) is 35.9 Å². The number of carbonyl (C=O) groups excluding carboxylic acids is 1. The summed E-state index contributed by atoms with van der Waals surface area (Å²) in [7, 11) is -2.53. The first-order chi connectivity index (χ1) is 14.4. The molecule has 0 aliphatic rings. The van der Waals surface area contributed by atoms with Gasteiger partial charge in [-0.2, -0.15) is 17.5 Å². The number of hydrogen-bond donors (Lipinski definition) is 0. The molecule has 174 valence electrons. The van der Waals surface area contributed by atoms with Gasteiger partial charge in [0, 0.05) is 39.5 Å². The topological polar surface area (TPSA) is 75.5 Å². The Morgan fingerprint density at radius 1 is 1.16 bits per heavy atom. The normalized spacial score (nSPS) is 12.6. The van der Waals surface area contributed by atoms with Gasteiger partial charge < -0.3 is 9.47 Å². The first-order valence-electron chi connectivity index (χ1n) is 10.2. The fourth-order valence-electron chi connectivity index (χ4n) is 3.46. The number of hydrogen-bond acceptors (Lipinski definition) is 4. The number of amides is 1. The molecular formula is C20H29F3N4O3S. The first-order valence-corrected chi connectivity index (χ1v) is 11.7. The second kappa shape index (κ2) is 9.99. The van der Waals surface area contributed by atoms with Crippen molar-refractivity contribution in [3.8, 4) is 0 Å². The molecule has 0 N–H and O–H groups in total. The van der Waals surface area contributed by atoms with Gasteiger partial charge in [-0.3, -0.25) is 4.79 Å². The van der Waals surface area contributed by atoms with E-state index >= 15 is 0 Å². The van der Waals surface area contributed by atoms with Crippen molar-refractivity contribution in [2.24, 2.45) is 0 Å². The molecule has 1 heterocycles. The predicted molar refractivity (Wildman–Crippen MR) is 112 cm³/mol. The average Bonchev–Trinajstić information content (AvgIpc) is 3.02. The molecule has 2 rings (SSSR count). The SMILES string of the molecule is CCCn1c(CCC(=O)N(C)CC(F)(F)F)nc2cc(S(=O)(=O)N(CC)CC)ccc21. The highest BCUT2D eigenvalue weighted by molar-refractivity contribution is 7.89. The number of imidazole rings is 1. The molecule has 0 bridgehead atoms. The second-order valence-electron chi connectivity index (χ2n) is 7.28. The fourth-order valence-corrected chi connectivity index (χ4v) is 4.94. The highest BCUT2D eigenvalue weighted by Crippen LogP contribution is 2.24. The molecule has 31 heavy (non-hydrogen) atoms. The Balaban J connectivity index is 2.33. The van der Waals surface area contributed by atoms with E-state index in [0.717, 1.165) is 19.0 Å². The number of carbonyl (C=O) groups is 1. The zero-order chi connectivity index (χ0) is 23.4. The first kappa shape index (κ1) is 25.1. The number of rotatable bonds is 10.